The molecule has 0 unspecified atom stereocenters. The number of aryl methyl sites for hydroxylation is 1. The second-order valence-electron chi connectivity index (χ2n) is 7.08. The van der Waals surface area contributed by atoms with Crippen LogP contribution in [0.1, 0.15) is 11.1 Å². The van der Waals surface area contributed by atoms with Crippen LogP contribution in [0.5, 0.6) is 17.2 Å². The zero-order chi connectivity index (χ0) is 22.0. The second-order valence-corrected chi connectivity index (χ2v) is 7.51. The molecule has 1 aromatic heterocycles. The Morgan fingerprint density at radius 3 is 2.48 bits per heavy atom. The van der Waals surface area contributed by atoms with Crippen LogP contribution in [0.4, 0.5) is 0 Å². The molecule has 6 heteroatoms. The number of rotatable bonds is 6. The molecule has 3 aromatic carbocycles. The van der Waals surface area contributed by atoms with Crippen LogP contribution in [-0.4, -0.2) is 14.2 Å². The van der Waals surface area contributed by atoms with Crippen LogP contribution in [0.25, 0.3) is 22.3 Å². The van der Waals surface area contributed by atoms with E-state index in [1.165, 1.54) is 0 Å². The van der Waals surface area contributed by atoms with Crippen molar-refractivity contribution in [3.63, 3.8) is 0 Å². The summed E-state index contributed by atoms with van der Waals surface area (Å²) in [6.07, 6.45) is 0. The third kappa shape index (κ3) is 4.23. The molecule has 0 radical (unpaired) electrons. The van der Waals surface area contributed by atoms with Crippen LogP contribution in [0.2, 0.25) is 5.02 Å². The lowest BCUT2D eigenvalue weighted by molar-refractivity contribution is 0.298. The highest BCUT2D eigenvalue weighted by molar-refractivity contribution is 6.30. The monoisotopic (exact) mass is 436 g/mol. The predicted molar refractivity (Wildman–Crippen MR) is 122 cm³/mol. The van der Waals surface area contributed by atoms with Gasteiger partial charge in [-0.05, 0) is 60.5 Å². The van der Waals surface area contributed by atoms with Gasteiger partial charge < -0.3 is 18.6 Å². The van der Waals surface area contributed by atoms with Crippen molar-refractivity contribution in [2.75, 3.05) is 14.2 Å². The van der Waals surface area contributed by atoms with E-state index in [-0.39, 0.29) is 17.8 Å². The maximum absolute atomic E-state index is 13.3. The minimum Gasteiger partial charge on any atom is -0.493 e. The first-order valence-electron chi connectivity index (χ1n) is 9.67. The molecule has 0 atom stereocenters. The summed E-state index contributed by atoms with van der Waals surface area (Å²) in [5.74, 6) is 1.55. The van der Waals surface area contributed by atoms with E-state index in [2.05, 4.69) is 0 Å². The van der Waals surface area contributed by atoms with E-state index in [1.807, 2.05) is 31.2 Å². The van der Waals surface area contributed by atoms with Crippen LogP contribution >= 0.6 is 11.6 Å². The summed E-state index contributed by atoms with van der Waals surface area (Å²) >= 11 is 6.08. The zero-order valence-corrected chi connectivity index (χ0v) is 18.2. The van der Waals surface area contributed by atoms with Crippen molar-refractivity contribution < 1.29 is 18.6 Å². The van der Waals surface area contributed by atoms with Crippen LogP contribution in [0, 0.1) is 6.92 Å². The average molecular weight is 437 g/mol. The van der Waals surface area contributed by atoms with Gasteiger partial charge in [0.25, 0.3) is 0 Å². The molecule has 0 saturated carbocycles. The Hall–Kier alpha value is -3.44. The predicted octanol–water partition coefficient (Wildman–Crippen LogP) is 6.02. The highest BCUT2D eigenvalue weighted by Gasteiger charge is 2.19. The Balaban J connectivity index is 1.87. The largest absolute Gasteiger partial charge is 0.493 e. The van der Waals surface area contributed by atoms with E-state index in [1.54, 1.807) is 50.6 Å². The molecule has 0 fully saturated rings. The van der Waals surface area contributed by atoms with Gasteiger partial charge in [0.15, 0.2) is 17.3 Å². The molecule has 31 heavy (non-hydrogen) atoms. The molecule has 1 heterocycles. The van der Waals surface area contributed by atoms with Crippen LogP contribution in [0.3, 0.4) is 0 Å². The van der Waals surface area contributed by atoms with Gasteiger partial charge in [0.2, 0.25) is 11.2 Å². The lowest BCUT2D eigenvalue weighted by Gasteiger charge is -2.14. The molecule has 0 aliphatic carbocycles. The Kier molecular flexibility index (Phi) is 5.87. The first kappa shape index (κ1) is 20.8. The van der Waals surface area contributed by atoms with Crippen molar-refractivity contribution in [3.8, 4) is 28.6 Å². The molecule has 0 amide bonds. The van der Waals surface area contributed by atoms with Crippen LogP contribution in [-0.2, 0) is 6.61 Å². The molecule has 4 aromatic rings. The van der Waals surface area contributed by atoms with E-state index in [0.717, 1.165) is 11.1 Å². The normalized spacial score (nSPS) is 10.8. The third-order valence-corrected chi connectivity index (χ3v) is 5.16. The van der Waals surface area contributed by atoms with Gasteiger partial charge in [-0.25, -0.2) is 0 Å². The molecular weight excluding hydrogens is 416 g/mol. The minimum absolute atomic E-state index is 0.128. The van der Waals surface area contributed by atoms with Gasteiger partial charge in [-0.15, -0.1) is 0 Å². The summed E-state index contributed by atoms with van der Waals surface area (Å²) < 4.78 is 22.9. The van der Waals surface area contributed by atoms with Crippen molar-refractivity contribution in [1.29, 1.82) is 0 Å². The SMILES string of the molecule is COc1ccc(-c2oc3cc(C)ccc3c(=O)c2OCc2cccc(Cl)c2)cc1OC. The van der Waals surface area contributed by atoms with Crippen molar-refractivity contribution in [2.45, 2.75) is 13.5 Å². The summed E-state index contributed by atoms with van der Waals surface area (Å²) in [5.41, 5.74) is 2.72. The number of hydrogen-bond donors (Lipinski definition) is 0. The highest BCUT2D eigenvalue weighted by Crippen LogP contribution is 2.37. The zero-order valence-electron chi connectivity index (χ0n) is 17.4. The first-order chi connectivity index (χ1) is 15.0. The fraction of sp³-hybridized carbons (Fsp3) is 0.160. The van der Waals surface area contributed by atoms with E-state index >= 15 is 0 Å². The van der Waals surface area contributed by atoms with Gasteiger partial charge in [-0.2, -0.15) is 0 Å². The smallest absolute Gasteiger partial charge is 0.235 e. The van der Waals surface area contributed by atoms with E-state index in [9.17, 15) is 4.79 Å². The number of halogens is 1. The lowest BCUT2D eigenvalue weighted by atomic mass is 10.1. The summed E-state index contributed by atoms with van der Waals surface area (Å²) in [6.45, 7) is 2.11. The maximum Gasteiger partial charge on any atom is 0.235 e. The topological polar surface area (TPSA) is 57.9 Å². The van der Waals surface area contributed by atoms with Crippen molar-refractivity contribution >= 4 is 22.6 Å². The summed E-state index contributed by atoms with van der Waals surface area (Å²) in [5, 5.41) is 1.05. The van der Waals surface area contributed by atoms with Gasteiger partial charge in [-0.3, -0.25) is 4.79 Å². The average Bonchev–Trinajstić information content (AvgIpc) is 2.77. The first-order valence-corrected chi connectivity index (χ1v) is 10.0. The Morgan fingerprint density at radius 2 is 1.74 bits per heavy atom. The number of ether oxygens (including phenoxy) is 3. The molecule has 0 aliphatic rings. The summed E-state index contributed by atoms with van der Waals surface area (Å²) in [7, 11) is 3.12. The van der Waals surface area contributed by atoms with Crippen molar-refractivity contribution in [2.24, 2.45) is 0 Å². The molecule has 0 spiro atoms. The highest BCUT2D eigenvalue weighted by atomic mass is 35.5. The van der Waals surface area contributed by atoms with Crippen LogP contribution in [0.15, 0.2) is 69.9 Å². The number of benzene rings is 3. The Morgan fingerprint density at radius 1 is 0.935 bits per heavy atom. The standard InChI is InChI=1S/C25H21ClO5/c1-15-7-9-19-21(11-15)31-24(17-8-10-20(28-2)22(13-17)29-3)25(23(19)27)30-14-16-5-4-6-18(26)12-16/h4-13H,14H2,1-3H3. The van der Waals surface area contributed by atoms with Gasteiger partial charge in [0.05, 0.1) is 19.6 Å². The molecule has 0 N–H and O–H groups in total. The number of fused-ring (bicyclic) bond motifs is 1. The van der Waals surface area contributed by atoms with Crippen LogP contribution < -0.4 is 19.6 Å². The Bertz CT molecular complexity index is 1310. The van der Waals surface area contributed by atoms with Gasteiger partial charge in [0.1, 0.15) is 12.2 Å². The van der Waals surface area contributed by atoms with E-state index in [4.69, 9.17) is 30.2 Å². The molecule has 0 aliphatic heterocycles. The molecule has 5 nitrogen and oxygen atoms in total. The second kappa shape index (κ2) is 8.74. The quantitative estimate of drug-likeness (QED) is 0.370. The maximum atomic E-state index is 13.3. The van der Waals surface area contributed by atoms with Gasteiger partial charge in [0, 0.05) is 10.6 Å². The molecule has 0 saturated heterocycles. The van der Waals surface area contributed by atoms with Crippen molar-refractivity contribution in [3.05, 3.63) is 87.0 Å². The number of methoxy groups -OCH3 is 2. The van der Waals surface area contributed by atoms with E-state index in [0.29, 0.717) is 38.8 Å². The Labute approximate surface area is 184 Å². The summed E-state index contributed by atoms with van der Waals surface area (Å²) in [6, 6.07) is 18.1. The third-order valence-electron chi connectivity index (χ3n) is 4.92. The summed E-state index contributed by atoms with van der Waals surface area (Å²) in [4.78, 5) is 13.3. The van der Waals surface area contributed by atoms with Gasteiger partial charge >= 0.3 is 0 Å². The minimum atomic E-state index is -0.243. The molecule has 158 valence electrons. The molecule has 0 bridgehead atoms. The van der Waals surface area contributed by atoms with E-state index < -0.39 is 0 Å². The fourth-order valence-electron chi connectivity index (χ4n) is 3.36. The van der Waals surface area contributed by atoms with Crippen molar-refractivity contribution in [1.82, 2.24) is 0 Å². The lowest BCUT2D eigenvalue weighted by Crippen LogP contribution is -2.10. The molecule has 4 rings (SSSR count). The molecular formula is C25H21ClO5. The van der Waals surface area contributed by atoms with Gasteiger partial charge in [-0.1, -0.05) is 29.8 Å². The fourth-order valence-corrected chi connectivity index (χ4v) is 3.58. The number of hydrogen-bond acceptors (Lipinski definition) is 5.